The molecule has 0 saturated carbocycles. The summed E-state index contributed by atoms with van der Waals surface area (Å²) >= 11 is 0. The van der Waals surface area contributed by atoms with Crippen molar-refractivity contribution < 1.29 is 9.84 Å². The van der Waals surface area contributed by atoms with Crippen LogP contribution in [0.15, 0.2) is 30.3 Å². The lowest BCUT2D eigenvalue weighted by Crippen LogP contribution is -2.19. The van der Waals surface area contributed by atoms with Gasteiger partial charge in [0.1, 0.15) is 11.3 Å². The van der Waals surface area contributed by atoms with Crippen LogP contribution >= 0.6 is 0 Å². The van der Waals surface area contributed by atoms with Crippen molar-refractivity contribution in [1.29, 1.82) is 0 Å². The Morgan fingerprint density at radius 3 is 2.89 bits per heavy atom. The number of aromatic nitrogens is 1. The third-order valence-corrected chi connectivity index (χ3v) is 3.01. The lowest BCUT2D eigenvalue weighted by molar-refractivity contribution is 0.183. The zero-order valence-electron chi connectivity index (χ0n) is 11.4. The molecule has 2 N–H and O–H groups in total. The molecule has 2 rings (SSSR count). The van der Waals surface area contributed by atoms with Crippen LogP contribution in [0.4, 0.5) is 0 Å². The number of benzene rings is 1. The third kappa shape index (κ3) is 3.66. The summed E-state index contributed by atoms with van der Waals surface area (Å²) in [6, 6.07) is 9.96. The Morgan fingerprint density at radius 1 is 1.32 bits per heavy atom. The number of aliphatic hydroxyl groups is 1. The van der Waals surface area contributed by atoms with E-state index in [4.69, 9.17) is 4.74 Å². The summed E-state index contributed by atoms with van der Waals surface area (Å²) in [5.41, 5.74) is 1.86. The monoisotopic (exact) mass is 260 g/mol. The molecular weight excluding hydrogens is 240 g/mol. The van der Waals surface area contributed by atoms with Gasteiger partial charge in [-0.3, -0.25) is 0 Å². The lowest BCUT2D eigenvalue weighted by atomic mass is 10.2. The summed E-state index contributed by atoms with van der Waals surface area (Å²) in [6.07, 6.45) is 0.480. The molecule has 1 aromatic carbocycles. The first-order valence-corrected chi connectivity index (χ1v) is 6.52. The molecule has 0 fully saturated rings. The molecular formula is C15H20N2O2. The van der Waals surface area contributed by atoms with E-state index in [2.05, 4.69) is 16.4 Å². The Balaban J connectivity index is 2.08. The van der Waals surface area contributed by atoms with E-state index >= 15 is 0 Å². The molecule has 102 valence electrons. The molecule has 0 aliphatic heterocycles. The molecule has 0 aliphatic carbocycles. The van der Waals surface area contributed by atoms with E-state index in [1.165, 1.54) is 0 Å². The average molecular weight is 260 g/mol. The topological polar surface area (TPSA) is 54.4 Å². The molecule has 1 atom stereocenters. The molecule has 1 heterocycles. The van der Waals surface area contributed by atoms with Crippen molar-refractivity contribution in [3.8, 4) is 5.75 Å². The van der Waals surface area contributed by atoms with Crippen molar-refractivity contribution in [1.82, 2.24) is 10.3 Å². The summed E-state index contributed by atoms with van der Waals surface area (Å²) in [5, 5.41) is 13.5. The fourth-order valence-electron chi connectivity index (χ4n) is 1.95. The van der Waals surface area contributed by atoms with Gasteiger partial charge in [0.25, 0.3) is 0 Å². The number of methoxy groups -OCH3 is 1. The van der Waals surface area contributed by atoms with E-state index < -0.39 is 0 Å². The van der Waals surface area contributed by atoms with Crippen LogP contribution in [-0.2, 0) is 6.54 Å². The van der Waals surface area contributed by atoms with Crippen molar-refractivity contribution in [3.63, 3.8) is 0 Å². The van der Waals surface area contributed by atoms with Gasteiger partial charge in [-0.25, -0.2) is 4.98 Å². The maximum absolute atomic E-state index is 9.19. The van der Waals surface area contributed by atoms with E-state index in [1.807, 2.05) is 24.3 Å². The van der Waals surface area contributed by atoms with E-state index in [0.717, 1.165) is 35.3 Å². The van der Waals surface area contributed by atoms with Crippen LogP contribution in [0.5, 0.6) is 5.75 Å². The molecule has 0 amide bonds. The summed E-state index contributed by atoms with van der Waals surface area (Å²) in [4.78, 5) is 4.61. The standard InChI is InChI=1S/C15H20N2O2/c1-11(18)8-9-16-10-13-7-6-12-4-3-5-14(19-2)15(12)17-13/h3-7,11,16,18H,8-10H2,1-2H3. The Bertz CT molecular complexity index is 541. The fraction of sp³-hybridized carbons (Fsp3) is 0.400. The lowest BCUT2D eigenvalue weighted by Gasteiger charge is -2.08. The number of ether oxygens (including phenoxy) is 1. The molecule has 0 aliphatic rings. The van der Waals surface area contributed by atoms with Crippen LogP contribution in [0.3, 0.4) is 0 Å². The highest BCUT2D eigenvalue weighted by atomic mass is 16.5. The first-order chi connectivity index (χ1) is 9.20. The Hall–Kier alpha value is -1.65. The van der Waals surface area contributed by atoms with Gasteiger partial charge in [0, 0.05) is 11.9 Å². The predicted molar refractivity (Wildman–Crippen MR) is 76.3 cm³/mol. The average Bonchev–Trinajstić information content (AvgIpc) is 2.42. The number of aliphatic hydroxyl groups excluding tert-OH is 1. The Labute approximate surface area is 113 Å². The summed E-state index contributed by atoms with van der Waals surface area (Å²) < 4.78 is 5.32. The minimum absolute atomic E-state index is 0.267. The van der Waals surface area contributed by atoms with Gasteiger partial charge in [0.05, 0.1) is 18.9 Å². The molecule has 2 aromatic rings. The van der Waals surface area contributed by atoms with Crippen molar-refractivity contribution >= 4 is 10.9 Å². The quantitative estimate of drug-likeness (QED) is 0.781. The van der Waals surface area contributed by atoms with E-state index in [-0.39, 0.29) is 6.10 Å². The van der Waals surface area contributed by atoms with Gasteiger partial charge in [-0.1, -0.05) is 18.2 Å². The van der Waals surface area contributed by atoms with E-state index in [1.54, 1.807) is 14.0 Å². The largest absolute Gasteiger partial charge is 0.494 e. The second-order valence-electron chi connectivity index (χ2n) is 4.65. The van der Waals surface area contributed by atoms with Crippen molar-refractivity contribution in [2.75, 3.05) is 13.7 Å². The van der Waals surface area contributed by atoms with E-state index in [9.17, 15) is 5.11 Å². The van der Waals surface area contributed by atoms with Gasteiger partial charge >= 0.3 is 0 Å². The highest BCUT2D eigenvalue weighted by Crippen LogP contribution is 2.23. The predicted octanol–water partition coefficient (Wildman–Crippen LogP) is 2.10. The van der Waals surface area contributed by atoms with E-state index in [0.29, 0.717) is 6.54 Å². The van der Waals surface area contributed by atoms with Gasteiger partial charge in [-0.15, -0.1) is 0 Å². The zero-order chi connectivity index (χ0) is 13.7. The number of nitrogens with zero attached hydrogens (tertiary/aromatic N) is 1. The SMILES string of the molecule is COc1cccc2ccc(CNCCC(C)O)nc12. The first-order valence-electron chi connectivity index (χ1n) is 6.52. The Kier molecular flexibility index (Phi) is 4.71. The van der Waals surface area contributed by atoms with Gasteiger partial charge in [-0.2, -0.15) is 0 Å². The Morgan fingerprint density at radius 2 is 2.16 bits per heavy atom. The van der Waals surface area contributed by atoms with Crippen LogP contribution in [0.25, 0.3) is 10.9 Å². The van der Waals surface area contributed by atoms with Crippen molar-refractivity contribution in [2.24, 2.45) is 0 Å². The molecule has 19 heavy (non-hydrogen) atoms. The maximum atomic E-state index is 9.19. The molecule has 4 heteroatoms. The second-order valence-corrected chi connectivity index (χ2v) is 4.65. The molecule has 0 radical (unpaired) electrons. The van der Waals surface area contributed by atoms with Crippen molar-refractivity contribution in [3.05, 3.63) is 36.0 Å². The second kappa shape index (κ2) is 6.50. The number of nitrogens with one attached hydrogen (secondary N) is 1. The van der Waals surface area contributed by atoms with Crippen LogP contribution in [0, 0.1) is 0 Å². The summed E-state index contributed by atoms with van der Waals surface area (Å²) in [6.45, 7) is 3.27. The zero-order valence-corrected chi connectivity index (χ0v) is 11.4. The molecule has 1 aromatic heterocycles. The number of hydrogen-bond acceptors (Lipinski definition) is 4. The van der Waals surface area contributed by atoms with Crippen LogP contribution < -0.4 is 10.1 Å². The molecule has 0 spiro atoms. The fourth-order valence-corrected chi connectivity index (χ4v) is 1.95. The van der Waals surface area contributed by atoms with Crippen molar-refractivity contribution in [2.45, 2.75) is 26.0 Å². The number of pyridine rings is 1. The van der Waals surface area contributed by atoms with Gasteiger partial charge in [-0.05, 0) is 32.0 Å². The molecule has 0 saturated heterocycles. The minimum Gasteiger partial charge on any atom is -0.494 e. The van der Waals surface area contributed by atoms with Gasteiger partial charge in [0.15, 0.2) is 0 Å². The first kappa shape index (κ1) is 13.8. The van der Waals surface area contributed by atoms with Crippen LogP contribution in [0.1, 0.15) is 19.0 Å². The highest BCUT2D eigenvalue weighted by Gasteiger charge is 2.04. The summed E-state index contributed by atoms with van der Waals surface area (Å²) in [7, 11) is 1.66. The number of rotatable bonds is 6. The van der Waals surface area contributed by atoms with Crippen LogP contribution in [-0.4, -0.2) is 29.8 Å². The minimum atomic E-state index is -0.267. The molecule has 4 nitrogen and oxygen atoms in total. The van der Waals surface area contributed by atoms with Gasteiger partial charge in [0.2, 0.25) is 0 Å². The number of fused-ring (bicyclic) bond motifs is 1. The normalized spacial score (nSPS) is 12.6. The molecule has 0 bridgehead atoms. The number of para-hydroxylation sites is 1. The van der Waals surface area contributed by atoms with Gasteiger partial charge < -0.3 is 15.2 Å². The number of hydrogen-bond donors (Lipinski definition) is 2. The highest BCUT2D eigenvalue weighted by molar-refractivity contribution is 5.84. The maximum Gasteiger partial charge on any atom is 0.145 e. The molecule has 1 unspecified atom stereocenters. The van der Waals surface area contributed by atoms with Crippen LogP contribution in [0.2, 0.25) is 0 Å². The summed E-state index contributed by atoms with van der Waals surface area (Å²) in [5.74, 6) is 0.795. The smallest absolute Gasteiger partial charge is 0.145 e. The third-order valence-electron chi connectivity index (χ3n) is 3.01.